The molecule has 0 amide bonds. The van der Waals surface area contributed by atoms with E-state index in [1.165, 1.54) is 154 Å². The summed E-state index contributed by atoms with van der Waals surface area (Å²) in [5.41, 5.74) is 0. The van der Waals surface area contributed by atoms with Gasteiger partial charge < -0.3 is 33.8 Å². The summed E-state index contributed by atoms with van der Waals surface area (Å²) in [5, 5.41) is 10.6. The van der Waals surface area contributed by atoms with Crippen LogP contribution < -0.4 is 0 Å². The number of phosphoric ester groups is 2. The van der Waals surface area contributed by atoms with Crippen molar-refractivity contribution in [1.82, 2.24) is 0 Å². The highest BCUT2D eigenvalue weighted by Crippen LogP contribution is 2.45. The van der Waals surface area contributed by atoms with E-state index in [4.69, 9.17) is 37.0 Å². The lowest BCUT2D eigenvalue weighted by Gasteiger charge is -2.21. The minimum atomic E-state index is -4.95. The predicted molar refractivity (Wildman–Crippen MR) is 354 cm³/mol. The van der Waals surface area contributed by atoms with Gasteiger partial charge in [-0.3, -0.25) is 37.3 Å². The maximum Gasteiger partial charge on any atom is 0.472 e. The molecule has 19 heteroatoms. The molecule has 0 radical (unpaired) electrons. The summed E-state index contributed by atoms with van der Waals surface area (Å²) in [6.45, 7) is 9.51. The molecule has 0 spiro atoms. The van der Waals surface area contributed by atoms with Gasteiger partial charge in [-0.1, -0.05) is 298 Å². The molecule has 0 fully saturated rings. The Morgan fingerprint density at radius 1 is 0.307 bits per heavy atom. The van der Waals surface area contributed by atoms with Crippen LogP contribution in [0, 0.1) is 11.8 Å². The third-order valence-electron chi connectivity index (χ3n) is 16.0. The Balaban J connectivity index is 5.19. The Kier molecular flexibility index (Phi) is 59.9. The lowest BCUT2D eigenvalue weighted by molar-refractivity contribution is -0.161. The quantitative estimate of drug-likeness (QED) is 0.0222. The number of hydrogen-bond donors (Lipinski definition) is 3. The molecule has 0 heterocycles. The van der Waals surface area contributed by atoms with Crippen LogP contribution in [0.25, 0.3) is 0 Å². The zero-order valence-electron chi connectivity index (χ0n) is 57.0. The standard InChI is InChI=1S/C69H134O17P2/c1-7-9-11-13-15-16-28-35-41-47-53-68(73)85-64(57-79-66(71)51-45-39-31-14-12-10-8-2)59-83-87(75,76)81-55-63(70)56-82-88(77,78)84-60-65(58-80-67(72)52-46-40-34-29-25-24-27-33-38-44-50-62(5)6)86-69(74)54-48-42-36-30-23-21-19-17-18-20-22-26-32-37-43-49-61(3)4/h61-65,70H,7-60H2,1-6H3,(H,75,76)(H,77,78)/t63-,64+,65+/m0/s1. The van der Waals surface area contributed by atoms with Gasteiger partial charge in [0.15, 0.2) is 12.2 Å². The fraction of sp³-hybridized carbons (Fsp3) is 0.942. The number of phosphoric acid groups is 2. The molecule has 0 aliphatic rings. The fourth-order valence-electron chi connectivity index (χ4n) is 10.4. The van der Waals surface area contributed by atoms with Crippen molar-refractivity contribution in [2.24, 2.45) is 11.8 Å². The molecule has 0 aliphatic carbocycles. The van der Waals surface area contributed by atoms with E-state index < -0.39 is 97.5 Å². The molecular formula is C69H134O17P2. The van der Waals surface area contributed by atoms with Gasteiger partial charge in [0, 0.05) is 25.7 Å². The van der Waals surface area contributed by atoms with Crippen LogP contribution in [0.1, 0.15) is 350 Å². The van der Waals surface area contributed by atoms with E-state index in [1.54, 1.807) is 0 Å². The molecule has 2 unspecified atom stereocenters. The highest BCUT2D eigenvalue weighted by atomic mass is 31.2. The normalized spacial score (nSPS) is 14.2. The van der Waals surface area contributed by atoms with E-state index in [-0.39, 0.29) is 25.7 Å². The highest BCUT2D eigenvalue weighted by Gasteiger charge is 2.30. The number of carbonyl (C=O) groups is 4. The number of rotatable bonds is 68. The number of hydrogen-bond acceptors (Lipinski definition) is 15. The van der Waals surface area contributed by atoms with Crippen LogP contribution in [0.4, 0.5) is 0 Å². The van der Waals surface area contributed by atoms with Crippen LogP contribution in [0.5, 0.6) is 0 Å². The largest absolute Gasteiger partial charge is 0.472 e. The van der Waals surface area contributed by atoms with Crippen LogP contribution in [0.15, 0.2) is 0 Å². The molecule has 0 aliphatic heterocycles. The van der Waals surface area contributed by atoms with Crippen molar-refractivity contribution in [3.05, 3.63) is 0 Å². The third-order valence-corrected chi connectivity index (χ3v) is 17.9. The van der Waals surface area contributed by atoms with E-state index in [2.05, 4.69) is 41.5 Å². The van der Waals surface area contributed by atoms with Crippen molar-refractivity contribution < 1.29 is 80.2 Å². The molecule has 3 N–H and O–H groups in total. The molecule has 17 nitrogen and oxygen atoms in total. The zero-order valence-corrected chi connectivity index (χ0v) is 58.8. The summed E-state index contributed by atoms with van der Waals surface area (Å²) >= 11 is 0. The summed E-state index contributed by atoms with van der Waals surface area (Å²) in [5.74, 6) is -0.569. The van der Waals surface area contributed by atoms with Crippen molar-refractivity contribution in [3.8, 4) is 0 Å². The first-order valence-electron chi connectivity index (χ1n) is 36.0. The van der Waals surface area contributed by atoms with Gasteiger partial charge in [0.2, 0.25) is 0 Å². The first kappa shape index (κ1) is 86.1. The molecule has 0 aromatic rings. The summed E-state index contributed by atoms with van der Waals surface area (Å²) < 4.78 is 68.1. The monoisotopic (exact) mass is 1300 g/mol. The number of unbranched alkanes of at least 4 members (excludes halogenated alkanes) is 38. The number of esters is 4. The molecule has 0 aromatic heterocycles. The van der Waals surface area contributed by atoms with E-state index in [1.807, 2.05) is 0 Å². The van der Waals surface area contributed by atoms with Crippen molar-refractivity contribution in [1.29, 1.82) is 0 Å². The summed E-state index contributed by atoms with van der Waals surface area (Å²) in [4.78, 5) is 72.3. The minimum Gasteiger partial charge on any atom is -0.462 e. The fourth-order valence-corrected chi connectivity index (χ4v) is 12.0. The van der Waals surface area contributed by atoms with Gasteiger partial charge in [-0.15, -0.1) is 0 Å². The molecule has 0 bridgehead atoms. The van der Waals surface area contributed by atoms with Crippen molar-refractivity contribution in [2.45, 2.75) is 368 Å². The SMILES string of the molecule is CCCCCCCCCCCCC(=O)O[C@H](COC(=O)CCCCCCCCC)COP(=O)(O)OC[C@H](O)COP(=O)(O)OC[C@@H](COC(=O)CCCCCCCCCCCCC(C)C)OC(=O)CCCCCCCCCCCCCCCCCC(C)C. The molecule has 0 saturated heterocycles. The molecule has 88 heavy (non-hydrogen) atoms. The van der Waals surface area contributed by atoms with Gasteiger partial charge in [-0.25, -0.2) is 9.13 Å². The molecule has 522 valence electrons. The third kappa shape index (κ3) is 62.8. The average Bonchev–Trinajstić information content (AvgIpc) is 3.68. The van der Waals surface area contributed by atoms with Gasteiger partial charge >= 0.3 is 39.5 Å². The molecule has 0 saturated carbocycles. The first-order valence-corrected chi connectivity index (χ1v) is 39.0. The lowest BCUT2D eigenvalue weighted by Crippen LogP contribution is -2.30. The molecule has 0 aromatic carbocycles. The van der Waals surface area contributed by atoms with E-state index in [0.717, 1.165) is 115 Å². The zero-order chi connectivity index (χ0) is 65.0. The maximum absolute atomic E-state index is 13.0. The van der Waals surface area contributed by atoms with Crippen LogP contribution in [-0.4, -0.2) is 96.7 Å². The van der Waals surface area contributed by atoms with Crippen molar-refractivity contribution in [2.75, 3.05) is 39.6 Å². The summed E-state index contributed by atoms with van der Waals surface area (Å²) in [6.07, 6.45) is 45.9. The Morgan fingerprint density at radius 2 is 0.523 bits per heavy atom. The second-order valence-corrected chi connectivity index (χ2v) is 28.8. The van der Waals surface area contributed by atoms with Gasteiger partial charge in [-0.05, 0) is 37.5 Å². The summed E-state index contributed by atoms with van der Waals surface area (Å²) in [6, 6.07) is 0. The van der Waals surface area contributed by atoms with Gasteiger partial charge in [0.25, 0.3) is 0 Å². The van der Waals surface area contributed by atoms with Crippen molar-refractivity contribution >= 4 is 39.5 Å². The smallest absolute Gasteiger partial charge is 0.462 e. The Bertz CT molecular complexity index is 1720. The molecular weight excluding hydrogens is 1160 g/mol. The molecule has 0 rings (SSSR count). The summed E-state index contributed by atoms with van der Waals surface area (Å²) in [7, 11) is -9.89. The first-order chi connectivity index (χ1) is 42.4. The highest BCUT2D eigenvalue weighted by molar-refractivity contribution is 7.47. The number of ether oxygens (including phenoxy) is 4. The topological polar surface area (TPSA) is 237 Å². The second kappa shape index (κ2) is 61.3. The number of carbonyl (C=O) groups excluding carboxylic acids is 4. The second-order valence-electron chi connectivity index (χ2n) is 25.9. The van der Waals surface area contributed by atoms with Gasteiger partial charge in [0.05, 0.1) is 26.4 Å². The van der Waals surface area contributed by atoms with Gasteiger partial charge in [0.1, 0.15) is 19.3 Å². The number of aliphatic hydroxyl groups excluding tert-OH is 1. The van der Waals surface area contributed by atoms with Crippen LogP contribution >= 0.6 is 15.6 Å². The van der Waals surface area contributed by atoms with Crippen LogP contribution in [-0.2, 0) is 65.4 Å². The Morgan fingerprint density at radius 3 is 0.773 bits per heavy atom. The van der Waals surface area contributed by atoms with E-state index in [0.29, 0.717) is 25.7 Å². The average molecular weight is 1300 g/mol. The van der Waals surface area contributed by atoms with E-state index in [9.17, 15) is 43.2 Å². The van der Waals surface area contributed by atoms with Gasteiger partial charge in [-0.2, -0.15) is 0 Å². The van der Waals surface area contributed by atoms with Crippen molar-refractivity contribution in [3.63, 3.8) is 0 Å². The van der Waals surface area contributed by atoms with Crippen LogP contribution in [0.2, 0.25) is 0 Å². The maximum atomic E-state index is 13.0. The predicted octanol–water partition coefficient (Wildman–Crippen LogP) is 19.6. The number of aliphatic hydroxyl groups is 1. The Labute approximate surface area is 537 Å². The lowest BCUT2D eigenvalue weighted by atomic mass is 10.0. The minimum absolute atomic E-state index is 0.106. The van der Waals surface area contributed by atoms with E-state index >= 15 is 0 Å². The Hall–Kier alpha value is -1.94. The van der Waals surface area contributed by atoms with Crippen LogP contribution in [0.3, 0.4) is 0 Å². The molecule has 5 atom stereocenters.